The Hall–Kier alpha value is -1.58. The summed E-state index contributed by atoms with van der Waals surface area (Å²) in [5.41, 5.74) is 6.76. The van der Waals surface area contributed by atoms with E-state index in [1.165, 1.54) is 6.07 Å². The molecule has 3 nitrogen and oxygen atoms in total. The molecule has 0 unspecified atom stereocenters. The third-order valence-electron chi connectivity index (χ3n) is 3.22. The Balaban J connectivity index is 2.30. The highest BCUT2D eigenvalue weighted by Crippen LogP contribution is 2.28. The molecule has 1 aliphatic rings. The van der Waals surface area contributed by atoms with Gasteiger partial charge < -0.3 is 10.6 Å². The third kappa shape index (κ3) is 2.25. The van der Waals surface area contributed by atoms with Crippen LogP contribution in [-0.4, -0.2) is 23.4 Å². The van der Waals surface area contributed by atoms with Crippen molar-refractivity contribution in [3.05, 3.63) is 29.1 Å². The summed E-state index contributed by atoms with van der Waals surface area (Å²) in [6.07, 6.45) is 2.09. The maximum Gasteiger partial charge on any atom is 0.254 e. The predicted molar refractivity (Wildman–Crippen MR) is 65.3 cm³/mol. The summed E-state index contributed by atoms with van der Waals surface area (Å²) in [7, 11) is 0. The van der Waals surface area contributed by atoms with Crippen molar-refractivity contribution in [2.24, 2.45) is 0 Å². The molecule has 1 aromatic carbocycles. The molecule has 0 saturated heterocycles. The molecule has 1 fully saturated rings. The molecule has 2 N–H and O–H groups in total. The Morgan fingerprint density at radius 3 is 2.65 bits per heavy atom. The van der Waals surface area contributed by atoms with Gasteiger partial charge in [0.15, 0.2) is 0 Å². The standard InChI is InChI=1S/C13H17FN2O/c1-3-16(10-4-5-10)13(17)9-6-11(14)8(2)12(15)7-9/h6-7,10H,3-5,15H2,1-2H3. The number of benzene rings is 1. The van der Waals surface area contributed by atoms with Crippen LogP contribution in [0.2, 0.25) is 0 Å². The van der Waals surface area contributed by atoms with Crippen LogP contribution in [0, 0.1) is 12.7 Å². The number of hydrogen-bond donors (Lipinski definition) is 1. The number of nitrogen functional groups attached to an aromatic ring is 1. The van der Waals surface area contributed by atoms with E-state index in [0.717, 1.165) is 12.8 Å². The fraction of sp³-hybridized carbons (Fsp3) is 0.462. The highest BCUT2D eigenvalue weighted by molar-refractivity contribution is 5.95. The number of anilines is 1. The second-order valence-corrected chi connectivity index (χ2v) is 4.49. The van der Waals surface area contributed by atoms with Crippen molar-refractivity contribution in [3.8, 4) is 0 Å². The van der Waals surface area contributed by atoms with E-state index < -0.39 is 5.82 Å². The zero-order valence-electron chi connectivity index (χ0n) is 10.2. The van der Waals surface area contributed by atoms with E-state index in [9.17, 15) is 9.18 Å². The molecule has 0 bridgehead atoms. The van der Waals surface area contributed by atoms with Crippen LogP contribution in [0.15, 0.2) is 12.1 Å². The smallest absolute Gasteiger partial charge is 0.254 e. The molecule has 1 aromatic rings. The molecular formula is C13H17FN2O. The number of carbonyl (C=O) groups is 1. The molecule has 2 rings (SSSR count). The SMILES string of the molecule is CCN(C(=O)c1cc(N)c(C)c(F)c1)C1CC1. The molecule has 0 spiro atoms. The lowest BCUT2D eigenvalue weighted by Crippen LogP contribution is -2.33. The zero-order valence-corrected chi connectivity index (χ0v) is 10.2. The summed E-state index contributed by atoms with van der Waals surface area (Å²) in [5, 5.41) is 0. The molecule has 1 aliphatic carbocycles. The molecule has 1 amide bonds. The van der Waals surface area contributed by atoms with Crippen LogP contribution in [0.1, 0.15) is 35.7 Å². The highest BCUT2D eigenvalue weighted by Gasteiger charge is 2.32. The first-order valence-corrected chi connectivity index (χ1v) is 5.91. The summed E-state index contributed by atoms with van der Waals surface area (Å²) < 4.78 is 13.5. The van der Waals surface area contributed by atoms with Gasteiger partial charge >= 0.3 is 0 Å². The lowest BCUT2D eigenvalue weighted by molar-refractivity contribution is 0.0752. The van der Waals surface area contributed by atoms with E-state index >= 15 is 0 Å². The Bertz CT molecular complexity index is 432. The summed E-state index contributed by atoms with van der Waals surface area (Å²) in [6.45, 7) is 4.19. The molecule has 0 heterocycles. The predicted octanol–water partition coefficient (Wildman–Crippen LogP) is 2.34. The van der Waals surface area contributed by atoms with Gasteiger partial charge in [-0.15, -0.1) is 0 Å². The van der Waals surface area contributed by atoms with E-state index in [1.54, 1.807) is 17.9 Å². The second-order valence-electron chi connectivity index (χ2n) is 4.49. The number of carbonyl (C=O) groups excluding carboxylic acids is 1. The minimum atomic E-state index is -0.416. The normalized spacial score (nSPS) is 14.8. The lowest BCUT2D eigenvalue weighted by Gasteiger charge is -2.20. The first-order chi connectivity index (χ1) is 8.04. The first kappa shape index (κ1) is 11.9. The molecule has 4 heteroatoms. The van der Waals surface area contributed by atoms with Gasteiger partial charge in [-0.1, -0.05) is 0 Å². The van der Waals surface area contributed by atoms with E-state index in [0.29, 0.717) is 29.4 Å². The number of amides is 1. The van der Waals surface area contributed by atoms with Gasteiger partial charge in [0.2, 0.25) is 0 Å². The van der Waals surface area contributed by atoms with Crippen molar-refractivity contribution >= 4 is 11.6 Å². The van der Waals surface area contributed by atoms with E-state index in [-0.39, 0.29) is 5.91 Å². The van der Waals surface area contributed by atoms with Crippen LogP contribution >= 0.6 is 0 Å². The van der Waals surface area contributed by atoms with Crippen LogP contribution in [0.25, 0.3) is 0 Å². The Kier molecular flexibility index (Phi) is 3.05. The Morgan fingerprint density at radius 2 is 2.18 bits per heavy atom. The van der Waals surface area contributed by atoms with Crippen molar-refractivity contribution in [3.63, 3.8) is 0 Å². The minimum Gasteiger partial charge on any atom is -0.398 e. The number of rotatable bonds is 3. The lowest BCUT2D eigenvalue weighted by atomic mass is 10.1. The Labute approximate surface area is 100 Å². The van der Waals surface area contributed by atoms with Crippen molar-refractivity contribution in [1.82, 2.24) is 4.90 Å². The van der Waals surface area contributed by atoms with E-state index in [1.807, 2.05) is 6.92 Å². The number of hydrogen-bond acceptors (Lipinski definition) is 2. The average Bonchev–Trinajstić information content (AvgIpc) is 3.10. The fourth-order valence-electron chi connectivity index (χ4n) is 1.94. The maximum atomic E-state index is 13.5. The van der Waals surface area contributed by atoms with Crippen LogP contribution in [0.3, 0.4) is 0 Å². The third-order valence-corrected chi connectivity index (χ3v) is 3.22. The number of nitrogens with two attached hydrogens (primary N) is 1. The maximum absolute atomic E-state index is 13.5. The largest absolute Gasteiger partial charge is 0.398 e. The van der Waals surface area contributed by atoms with Crippen LogP contribution in [0.4, 0.5) is 10.1 Å². The van der Waals surface area contributed by atoms with Crippen molar-refractivity contribution < 1.29 is 9.18 Å². The number of halogens is 1. The van der Waals surface area contributed by atoms with Crippen LogP contribution < -0.4 is 5.73 Å². The van der Waals surface area contributed by atoms with Gasteiger partial charge in [-0.25, -0.2) is 4.39 Å². The van der Waals surface area contributed by atoms with E-state index in [4.69, 9.17) is 5.73 Å². The fourth-order valence-corrected chi connectivity index (χ4v) is 1.94. The Morgan fingerprint density at radius 1 is 1.53 bits per heavy atom. The van der Waals surface area contributed by atoms with Crippen molar-refractivity contribution in [2.75, 3.05) is 12.3 Å². The molecule has 0 atom stereocenters. The van der Waals surface area contributed by atoms with Gasteiger partial charge in [-0.05, 0) is 38.8 Å². The second kappa shape index (κ2) is 4.35. The molecule has 17 heavy (non-hydrogen) atoms. The molecular weight excluding hydrogens is 219 g/mol. The molecule has 0 aromatic heterocycles. The van der Waals surface area contributed by atoms with Crippen molar-refractivity contribution in [2.45, 2.75) is 32.7 Å². The molecule has 0 aliphatic heterocycles. The summed E-state index contributed by atoms with van der Waals surface area (Å²) in [6, 6.07) is 3.17. The van der Waals surface area contributed by atoms with Gasteiger partial charge in [-0.3, -0.25) is 4.79 Å². The van der Waals surface area contributed by atoms with Crippen LogP contribution in [0.5, 0.6) is 0 Å². The summed E-state index contributed by atoms with van der Waals surface area (Å²) in [4.78, 5) is 14.0. The molecule has 92 valence electrons. The van der Waals surface area contributed by atoms with Crippen LogP contribution in [-0.2, 0) is 0 Å². The quantitative estimate of drug-likeness (QED) is 0.819. The minimum absolute atomic E-state index is 0.124. The monoisotopic (exact) mass is 236 g/mol. The summed E-state index contributed by atoms with van der Waals surface area (Å²) >= 11 is 0. The number of nitrogens with zero attached hydrogens (tertiary/aromatic N) is 1. The van der Waals surface area contributed by atoms with Gasteiger partial charge in [0, 0.05) is 29.4 Å². The average molecular weight is 236 g/mol. The van der Waals surface area contributed by atoms with Gasteiger partial charge in [0.05, 0.1) is 0 Å². The summed E-state index contributed by atoms with van der Waals surface area (Å²) in [5.74, 6) is -0.541. The highest BCUT2D eigenvalue weighted by atomic mass is 19.1. The topological polar surface area (TPSA) is 46.3 Å². The van der Waals surface area contributed by atoms with Crippen molar-refractivity contribution in [1.29, 1.82) is 0 Å². The first-order valence-electron chi connectivity index (χ1n) is 5.91. The molecule has 0 radical (unpaired) electrons. The molecule has 1 saturated carbocycles. The van der Waals surface area contributed by atoms with Gasteiger partial charge in [0.1, 0.15) is 5.82 Å². The zero-order chi connectivity index (χ0) is 12.6. The van der Waals surface area contributed by atoms with E-state index in [2.05, 4.69) is 0 Å². The van der Waals surface area contributed by atoms with Gasteiger partial charge in [0.25, 0.3) is 5.91 Å². The van der Waals surface area contributed by atoms with Gasteiger partial charge in [-0.2, -0.15) is 0 Å².